The summed E-state index contributed by atoms with van der Waals surface area (Å²) in [5.74, 6) is 0.630. The van der Waals surface area contributed by atoms with Crippen LogP contribution in [0.5, 0.6) is 5.75 Å². The highest BCUT2D eigenvalue weighted by atomic mass is 19.1. The van der Waals surface area contributed by atoms with Crippen molar-refractivity contribution >= 4 is 17.0 Å². The van der Waals surface area contributed by atoms with Crippen molar-refractivity contribution in [1.29, 1.82) is 0 Å². The Hall–Kier alpha value is -2.56. The molecule has 4 nitrogen and oxygen atoms in total. The van der Waals surface area contributed by atoms with Crippen molar-refractivity contribution in [3.05, 3.63) is 47.8 Å². The number of ether oxygens (including phenoxy) is 1. The van der Waals surface area contributed by atoms with Crippen LogP contribution in [0.1, 0.15) is 5.56 Å². The van der Waals surface area contributed by atoms with E-state index >= 15 is 0 Å². The summed E-state index contributed by atoms with van der Waals surface area (Å²) < 4.78 is 20.5. The van der Waals surface area contributed by atoms with E-state index in [0.29, 0.717) is 22.7 Å². The number of halogens is 1. The lowest BCUT2D eigenvalue weighted by atomic mass is 10.2. The van der Waals surface area contributed by atoms with Gasteiger partial charge in [-0.25, -0.2) is 9.37 Å². The molecular weight excluding hydrogens is 257 g/mol. The van der Waals surface area contributed by atoms with Crippen LogP contribution in [0.3, 0.4) is 0 Å². The highest BCUT2D eigenvalue weighted by Crippen LogP contribution is 2.30. The van der Waals surface area contributed by atoms with E-state index in [9.17, 15) is 4.39 Å². The molecule has 5 heteroatoms. The standard InChI is InChI=1S/C15H14FN3O/c1-9-3-6-14(20-2)13(7-9)19-12-8-10(16)4-5-11(12)18-15(19)17/h3-8H,1-2H3,(H2,17,18). The molecule has 0 saturated heterocycles. The minimum Gasteiger partial charge on any atom is -0.495 e. The first-order valence-electron chi connectivity index (χ1n) is 6.18. The van der Waals surface area contributed by atoms with Crippen molar-refractivity contribution in [2.45, 2.75) is 6.92 Å². The van der Waals surface area contributed by atoms with Crippen LogP contribution in [-0.4, -0.2) is 16.7 Å². The second-order valence-electron chi connectivity index (χ2n) is 4.61. The second-order valence-corrected chi connectivity index (χ2v) is 4.61. The average Bonchev–Trinajstić information content (AvgIpc) is 2.74. The van der Waals surface area contributed by atoms with E-state index in [4.69, 9.17) is 10.5 Å². The van der Waals surface area contributed by atoms with Crippen LogP contribution in [0.25, 0.3) is 16.7 Å². The lowest BCUT2D eigenvalue weighted by Crippen LogP contribution is -2.03. The number of hydrogen-bond acceptors (Lipinski definition) is 3. The first-order valence-corrected chi connectivity index (χ1v) is 6.18. The number of benzene rings is 2. The Kier molecular flexibility index (Phi) is 2.82. The Morgan fingerprint density at radius 2 is 2.00 bits per heavy atom. The molecule has 1 aromatic heterocycles. The van der Waals surface area contributed by atoms with E-state index in [0.717, 1.165) is 11.3 Å². The quantitative estimate of drug-likeness (QED) is 0.779. The number of imidazole rings is 1. The number of nitrogens with two attached hydrogens (primary N) is 1. The molecule has 3 aromatic rings. The molecule has 0 aliphatic heterocycles. The monoisotopic (exact) mass is 271 g/mol. The molecule has 0 atom stereocenters. The lowest BCUT2D eigenvalue weighted by molar-refractivity contribution is 0.413. The van der Waals surface area contributed by atoms with Gasteiger partial charge in [0.1, 0.15) is 11.6 Å². The minimum atomic E-state index is -0.328. The molecule has 0 aliphatic rings. The number of hydrogen-bond donors (Lipinski definition) is 1. The summed E-state index contributed by atoms with van der Waals surface area (Å²) in [4.78, 5) is 4.25. The number of fused-ring (bicyclic) bond motifs is 1. The molecule has 3 rings (SSSR count). The number of aryl methyl sites for hydroxylation is 1. The minimum absolute atomic E-state index is 0.300. The molecule has 0 radical (unpaired) electrons. The highest BCUT2D eigenvalue weighted by molar-refractivity contribution is 5.81. The van der Waals surface area contributed by atoms with Crippen molar-refractivity contribution in [3.63, 3.8) is 0 Å². The summed E-state index contributed by atoms with van der Waals surface area (Å²) in [5, 5.41) is 0. The molecule has 0 saturated carbocycles. The Labute approximate surface area is 115 Å². The maximum Gasteiger partial charge on any atom is 0.206 e. The summed E-state index contributed by atoms with van der Waals surface area (Å²) >= 11 is 0. The van der Waals surface area contributed by atoms with Gasteiger partial charge in [-0.05, 0) is 36.8 Å². The van der Waals surface area contributed by atoms with Gasteiger partial charge in [0, 0.05) is 6.07 Å². The van der Waals surface area contributed by atoms with Gasteiger partial charge in [0.25, 0.3) is 0 Å². The smallest absolute Gasteiger partial charge is 0.206 e. The summed E-state index contributed by atoms with van der Waals surface area (Å²) in [6.45, 7) is 1.97. The first-order chi connectivity index (χ1) is 9.60. The normalized spacial score (nSPS) is 10.9. The fraction of sp³-hybridized carbons (Fsp3) is 0.133. The van der Waals surface area contributed by atoms with Crippen LogP contribution in [0.2, 0.25) is 0 Å². The molecular formula is C15H14FN3O. The summed E-state index contributed by atoms with van der Waals surface area (Å²) in [6, 6.07) is 10.1. The van der Waals surface area contributed by atoms with Crippen molar-refractivity contribution < 1.29 is 9.13 Å². The van der Waals surface area contributed by atoms with Gasteiger partial charge in [-0.1, -0.05) is 6.07 Å². The fourth-order valence-corrected chi connectivity index (χ4v) is 2.29. The Bertz CT molecular complexity index is 795. The predicted octanol–water partition coefficient (Wildman–Crippen LogP) is 3.06. The van der Waals surface area contributed by atoms with Gasteiger partial charge in [0.05, 0.1) is 23.8 Å². The zero-order valence-corrected chi connectivity index (χ0v) is 11.2. The molecule has 2 aromatic carbocycles. The van der Waals surface area contributed by atoms with Crippen LogP contribution >= 0.6 is 0 Å². The highest BCUT2D eigenvalue weighted by Gasteiger charge is 2.14. The van der Waals surface area contributed by atoms with Crippen LogP contribution in [0.15, 0.2) is 36.4 Å². The van der Waals surface area contributed by atoms with E-state index in [2.05, 4.69) is 4.98 Å². The number of aromatic nitrogens is 2. The zero-order chi connectivity index (χ0) is 14.3. The molecule has 0 amide bonds. The maximum atomic E-state index is 13.5. The third-order valence-electron chi connectivity index (χ3n) is 3.22. The Morgan fingerprint density at radius 1 is 1.20 bits per heavy atom. The largest absolute Gasteiger partial charge is 0.495 e. The number of anilines is 1. The first kappa shape index (κ1) is 12.5. The molecule has 0 bridgehead atoms. The van der Waals surface area contributed by atoms with Gasteiger partial charge in [-0.3, -0.25) is 4.57 Å². The lowest BCUT2D eigenvalue weighted by Gasteiger charge is -2.12. The van der Waals surface area contributed by atoms with Gasteiger partial charge in [-0.15, -0.1) is 0 Å². The third kappa shape index (κ3) is 1.87. The fourth-order valence-electron chi connectivity index (χ4n) is 2.29. The molecule has 0 aliphatic carbocycles. The molecule has 1 heterocycles. The van der Waals surface area contributed by atoms with Crippen molar-refractivity contribution in [2.75, 3.05) is 12.8 Å². The summed E-state index contributed by atoms with van der Waals surface area (Å²) in [7, 11) is 1.59. The van der Waals surface area contributed by atoms with Gasteiger partial charge in [0.2, 0.25) is 5.95 Å². The van der Waals surface area contributed by atoms with Crippen molar-refractivity contribution in [2.24, 2.45) is 0 Å². The van der Waals surface area contributed by atoms with Crippen molar-refractivity contribution in [3.8, 4) is 11.4 Å². The molecule has 20 heavy (non-hydrogen) atoms. The molecule has 0 spiro atoms. The van der Waals surface area contributed by atoms with Crippen LogP contribution in [0, 0.1) is 12.7 Å². The zero-order valence-electron chi connectivity index (χ0n) is 11.2. The van der Waals surface area contributed by atoms with Crippen molar-refractivity contribution in [1.82, 2.24) is 9.55 Å². The predicted molar refractivity (Wildman–Crippen MR) is 76.7 cm³/mol. The molecule has 102 valence electrons. The maximum absolute atomic E-state index is 13.5. The van der Waals surface area contributed by atoms with E-state index in [-0.39, 0.29) is 5.82 Å². The second kappa shape index (κ2) is 4.52. The van der Waals surface area contributed by atoms with E-state index in [1.54, 1.807) is 17.7 Å². The van der Waals surface area contributed by atoms with E-state index < -0.39 is 0 Å². The average molecular weight is 271 g/mol. The molecule has 2 N–H and O–H groups in total. The number of nitrogen functional groups attached to an aromatic ring is 1. The Balaban J connectivity index is 2.37. The SMILES string of the molecule is COc1ccc(C)cc1-n1c(N)nc2ccc(F)cc21. The van der Waals surface area contributed by atoms with Gasteiger partial charge < -0.3 is 10.5 Å². The van der Waals surface area contributed by atoms with Crippen LogP contribution in [0.4, 0.5) is 10.3 Å². The molecule has 0 unspecified atom stereocenters. The van der Waals surface area contributed by atoms with Crippen LogP contribution in [-0.2, 0) is 0 Å². The third-order valence-corrected chi connectivity index (χ3v) is 3.22. The van der Waals surface area contributed by atoms with Crippen LogP contribution < -0.4 is 10.5 Å². The number of rotatable bonds is 2. The van der Waals surface area contributed by atoms with Gasteiger partial charge >= 0.3 is 0 Å². The summed E-state index contributed by atoms with van der Waals surface area (Å²) in [6.07, 6.45) is 0. The molecule has 0 fully saturated rings. The summed E-state index contributed by atoms with van der Waals surface area (Å²) in [5.41, 5.74) is 9.05. The number of methoxy groups -OCH3 is 1. The topological polar surface area (TPSA) is 53.1 Å². The Morgan fingerprint density at radius 3 is 2.75 bits per heavy atom. The van der Waals surface area contributed by atoms with E-state index in [1.807, 2.05) is 25.1 Å². The van der Waals surface area contributed by atoms with Gasteiger partial charge in [-0.2, -0.15) is 0 Å². The van der Waals surface area contributed by atoms with Gasteiger partial charge in [0.15, 0.2) is 0 Å². The number of nitrogens with zero attached hydrogens (tertiary/aromatic N) is 2. The van der Waals surface area contributed by atoms with E-state index in [1.165, 1.54) is 12.1 Å².